The number of carbonyl (C=O) groups is 4. The van der Waals surface area contributed by atoms with Gasteiger partial charge in [0.1, 0.15) is 29.1 Å². The van der Waals surface area contributed by atoms with Crippen LogP contribution in [0.2, 0.25) is 0 Å². The average Bonchev–Trinajstić information content (AvgIpc) is 3.47. The number of nitrogens with one attached hydrogen (secondary N) is 3. The molecule has 0 spiro atoms. The van der Waals surface area contributed by atoms with Gasteiger partial charge in [0, 0.05) is 19.0 Å². The maximum absolute atomic E-state index is 13.9. The zero-order chi connectivity index (χ0) is 28.8. The number of carbonyl (C=O) groups excluding carboxylic acids is 4. The Bertz CT molecular complexity index is 1170. The molecule has 3 amide bonds. The third kappa shape index (κ3) is 8.72. The Balaban J connectivity index is 1.80. The minimum atomic E-state index is -1.09. The Kier molecular flexibility index (Phi) is 9.20. The zero-order valence-electron chi connectivity index (χ0n) is 23.1. The van der Waals surface area contributed by atoms with Gasteiger partial charge in [-0.05, 0) is 66.0 Å². The van der Waals surface area contributed by atoms with E-state index in [1.54, 1.807) is 53.7 Å². The number of rotatable bonds is 9. The van der Waals surface area contributed by atoms with Gasteiger partial charge in [-0.3, -0.25) is 19.3 Å². The van der Waals surface area contributed by atoms with Crippen molar-refractivity contribution in [1.82, 2.24) is 36.2 Å². The summed E-state index contributed by atoms with van der Waals surface area (Å²) in [7, 11) is 0. The number of amides is 3. The lowest BCUT2D eigenvalue weighted by Gasteiger charge is -2.29. The standard InChI is InChI=1S/C25H36N8O6/c1-24(2,3)38-19(34)11-7-10-16(28-23(37)39-25(4,5)6)22(36)33-17(13-15-9-8-12-26-20(15)33)21(35)27-14-18-29-31-32-30-18/h8-9,12,16-17H,7,10-11,13-14H2,1-6H3,(H,27,35)(H,28,37)(H,29,30,31,32). The number of pyridine rings is 1. The van der Waals surface area contributed by atoms with Gasteiger partial charge < -0.3 is 20.1 Å². The highest BCUT2D eigenvalue weighted by Gasteiger charge is 2.42. The number of tetrazole rings is 1. The van der Waals surface area contributed by atoms with Crippen LogP contribution < -0.4 is 15.5 Å². The summed E-state index contributed by atoms with van der Waals surface area (Å²) in [5.41, 5.74) is -0.739. The zero-order valence-corrected chi connectivity index (χ0v) is 23.1. The topological polar surface area (TPSA) is 181 Å². The molecule has 14 nitrogen and oxygen atoms in total. The highest BCUT2D eigenvalue weighted by molar-refractivity contribution is 6.05. The van der Waals surface area contributed by atoms with Crippen molar-refractivity contribution in [2.24, 2.45) is 0 Å². The Morgan fingerprint density at radius 1 is 1.13 bits per heavy atom. The molecule has 14 heteroatoms. The van der Waals surface area contributed by atoms with E-state index in [4.69, 9.17) is 9.47 Å². The van der Waals surface area contributed by atoms with Crippen LogP contribution in [0.15, 0.2) is 18.3 Å². The fourth-order valence-corrected chi connectivity index (χ4v) is 3.98. The van der Waals surface area contributed by atoms with Crippen molar-refractivity contribution < 1.29 is 28.7 Å². The molecule has 0 aromatic carbocycles. The molecular formula is C25H36N8O6. The van der Waals surface area contributed by atoms with Crippen LogP contribution in [-0.2, 0) is 36.8 Å². The van der Waals surface area contributed by atoms with E-state index >= 15 is 0 Å². The second-order valence-corrected chi connectivity index (χ2v) is 11.1. The second-order valence-electron chi connectivity index (χ2n) is 11.1. The quantitative estimate of drug-likeness (QED) is 0.392. The maximum Gasteiger partial charge on any atom is 0.408 e. The van der Waals surface area contributed by atoms with Gasteiger partial charge in [0.05, 0.1) is 6.54 Å². The van der Waals surface area contributed by atoms with Crippen molar-refractivity contribution >= 4 is 29.7 Å². The number of anilines is 1. The molecule has 0 fully saturated rings. The number of fused-ring (bicyclic) bond motifs is 1. The highest BCUT2D eigenvalue weighted by atomic mass is 16.6. The predicted molar refractivity (Wildman–Crippen MR) is 138 cm³/mol. The first-order valence-electron chi connectivity index (χ1n) is 12.7. The van der Waals surface area contributed by atoms with Gasteiger partial charge in [0.25, 0.3) is 5.91 Å². The summed E-state index contributed by atoms with van der Waals surface area (Å²) < 4.78 is 10.7. The Morgan fingerprint density at radius 2 is 1.85 bits per heavy atom. The van der Waals surface area contributed by atoms with Crippen LogP contribution in [0.1, 0.15) is 72.2 Å². The van der Waals surface area contributed by atoms with Gasteiger partial charge in [-0.1, -0.05) is 11.3 Å². The average molecular weight is 545 g/mol. The van der Waals surface area contributed by atoms with E-state index in [0.29, 0.717) is 11.4 Å². The lowest BCUT2D eigenvalue weighted by atomic mass is 10.1. The summed E-state index contributed by atoms with van der Waals surface area (Å²) in [5, 5.41) is 18.7. The highest BCUT2D eigenvalue weighted by Crippen LogP contribution is 2.31. The van der Waals surface area contributed by atoms with Gasteiger partial charge >= 0.3 is 12.1 Å². The van der Waals surface area contributed by atoms with E-state index in [9.17, 15) is 19.2 Å². The molecule has 2 atom stereocenters. The fourth-order valence-electron chi connectivity index (χ4n) is 3.98. The molecule has 0 radical (unpaired) electrons. The van der Waals surface area contributed by atoms with Gasteiger partial charge in [-0.25, -0.2) is 9.78 Å². The summed E-state index contributed by atoms with van der Waals surface area (Å²) in [6, 6.07) is 1.48. The van der Waals surface area contributed by atoms with Crippen LogP contribution in [0.5, 0.6) is 0 Å². The molecule has 2 unspecified atom stereocenters. The molecular weight excluding hydrogens is 508 g/mol. The van der Waals surface area contributed by atoms with Gasteiger partial charge in [-0.2, -0.15) is 5.21 Å². The van der Waals surface area contributed by atoms with Crippen LogP contribution in [0.3, 0.4) is 0 Å². The largest absolute Gasteiger partial charge is 0.460 e. The molecule has 1 aliphatic heterocycles. The normalized spacial score (nSPS) is 15.7. The van der Waals surface area contributed by atoms with Crippen molar-refractivity contribution in [2.75, 3.05) is 4.90 Å². The first-order chi connectivity index (χ1) is 18.2. The summed E-state index contributed by atoms with van der Waals surface area (Å²) in [5.74, 6) is -0.817. The van der Waals surface area contributed by atoms with E-state index in [1.165, 1.54) is 11.1 Å². The van der Waals surface area contributed by atoms with E-state index < -0.39 is 47.2 Å². The first-order valence-corrected chi connectivity index (χ1v) is 12.7. The van der Waals surface area contributed by atoms with Crippen LogP contribution in [0, 0.1) is 0 Å². The number of hydrogen-bond donors (Lipinski definition) is 3. The maximum atomic E-state index is 13.9. The fraction of sp³-hybridized carbons (Fsp3) is 0.600. The van der Waals surface area contributed by atoms with E-state index in [1.807, 2.05) is 0 Å². The van der Waals surface area contributed by atoms with Crippen molar-refractivity contribution in [3.8, 4) is 0 Å². The first kappa shape index (κ1) is 29.5. The number of aromatic amines is 1. The summed E-state index contributed by atoms with van der Waals surface area (Å²) >= 11 is 0. The van der Waals surface area contributed by atoms with Crippen LogP contribution in [0.4, 0.5) is 10.6 Å². The minimum absolute atomic E-state index is 0.00706. The Hall–Kier alpha value is -4.10. The van der Waals surface area contributed by atoms with Crippen molar-refractivity contribution in [2.45, 2.75) is 97.1 Å². The van der Waals surface area contributed by atoms with Gasteiger partial charge in [0.15, 0.2) is 5.82 Å². The van der Waals surface area contributed by atoms with Crippen molar-refractivity contribution in [1.29, 1.82) is 0 Å². The molecule has 0 saturated carbocycles. The Morgan fingerprint density at radius 3 is 2.49 bits per heavy atom. The lowest BCUT2D eigenvalue weighted by molar-refractivity contribution is -0.155. The number of hydrogen-bond acceptors (Lipinski definition) is 10. The molecule has 2 aromatic rings. The second kappa shape index (κ2) is 12.2. The molecule has 2 aromatic heterocycles. The summed E-state index contributed by atoms with van der Waals surface area (Å²) in [4.78, 5) is 57.7. The number of aromatic nitrogens is 5. The molecule has 3 heterocycles. The van der Waals surface area contributed by atoms with E-state index in [0.717, 1.165) is 0 Å². The van der Waals surface area contributed by atoms with Crippen molar-refractivity contribution in [3.63, 3.8) is 0 Å². The van der Waals surface area contributed by atoms with Gasteiger partial charge in [0.2, 0.25) is 5.91 Å². The van der Waals surface area contributed by atoms with Crippen LogP contribution in [0.25, 0.3) is 0 Å². The third-order valence-electron chi connectivity index (χ3n) is 5.45. The van der Waals surface area contributed by atoms with Crippen LogP contribution >= 0.6 is 0 Å². The number of esters is 1. The molecule has 1 aliphatic rings. The minimum Gasteiger partial charge on any atom is -0.460 e. The SMILES string of the molecule is CC(C)(C)OC(=O)CCCC(NC(=O)OC(C)(C)C)C(=O)N1c2ncccc2CC1C(=O)NCc1nn[nH]n1. The molecule has 0 saturated heterocycles. The predicted octanol–water partition coefficient (Wildman–Crippen LogP) is 1.57. The lowest BCUT2D eigenvalue weighted by Crippen LogP contribution is -2.55. The number of alkyl carbamates (subject to hydrolysis) is 1. The van der Waals surface area contributed by atoms with Crippen LogP contribution in [-0.4, -0.2) is 72.8 Å². The number of nitrogens with zero attached hydrogens (tertiary/aromatic N) is 5. The van der Waals surface area contributed by atoms with Gasteiger partial charge in [-0.15, -0.1) is 10.2 Å². The molecule has 3 N–H and O–H groups in total. The van der Waals surface area contributed by atoms with E-state index in [2.05, 4.69) is 36.2 Å². The molecule has 0 bridgehead atoms. The molecule has 39 heavy (non-hydrogen) atoms. The molecule has 212 valence electrons. The monoisotopic (exact) mass is 544 g/mol. The molecule has 3 rings (SSSR count). The summed E-state index contributed by atoms with van der Waals surface area (Å²) in [6.07, 6.45) is 1.35. The number of H-pyrrole nitrogens is 1. The third-order valence-corrected chi connectivity index (χ3v) is 5.45. The van der Waals surface area contributed by atoms with E-state index in [-0.39, 0.29) is 38.1 Å². The smallest absolute Gasteiger partial charge is 0.408 e. The number of ether oxygens (including phenoxy) is 2. The van der Waals surface area contributed by atoms with Crippen molar-refractivity contribution in [3.05, 3.63) is 29.7 Å². The molecule has 0 aliphatic carbocycles. The summed E-state index contributed by atoms with van der Waals surface area (Å²) in [6.45, 7) is 10.4. The Labute approximate surface area is 226 Å².